The van der Waals surface area contributed by atoms with Crippen molar-refractivity contribution in [2.24, 2.45) is 0 Å². The molecule has 1 nitrogen and oxygen atoms in total. The summed E-state index contributed by atoms with van der Waals surface area (Å²) in [6.45, 7) is 6.35. The Morgan fingerprint density at radius 2 is 1.75 bits per heavy atom. The van der Waals surface area contributed by atoms with Gasteiger partial charge in [0.2, 0.25) is 0 Å². The molecule has 0 unspecified atom stereocenters. The Labute approximate surface area is 101 Å². The highest BCUT2D eigenvalue weighted by Crippen LogP contribution is 2.30. The van der Waals surface area contributed by atoms with Gasteiger partial charge in [-0.3, -0.25) is 0 Å². The highest BCUT2D eigenvalue weighted by atomic mass is 35.5. The van der Waals surface area contributed by atoms with Crippen LogP contribution in [0.5, 0.6) is 0 Å². The van der Waals surface area contributed by atoms with E-state index in [9.17, 15) is 0 Å². The summed E-state index contributed by atoms with van der Waals surface area (Å²) in [5.74, 6) is 2.41. The molecule has 2 rings (SSSR count). The average molecular weight is 235 g/mol. The topological polar surface area (TPSA) is 13.1 Å². The van der Waals surface area contributed by atoms with Gasteiger partial charge in [-0.15, -0.1) is 0 Å². The zero-order valence-corrected chi connectivity index (χ0v) is 10.5. The van der Waals surface area contributed by atoms with Gasteiger partial charge in [0.25, 0.3) is 0 Å². The van der Waals surface area contributed by atoms with Crippen LogP contribution in [0.4, 0.5) is 0 Å². The highest BCUT2D eigenvalue weighted by molar-refractivity contribution is 6.30. The molecule has 1 aromatic heterocycles. The molecule has 2 aromatic rings. The van der Waals surface area contributed by atoms with Crippen LogP contribution in [0, 0.1) is 6.92 Å². The van der Waals surface area contributed by atoms with Crippen molar-refractivity contribution in [3.63, 3.8) is 0 Å². The largest absolute Gasteiger partial charge is 0.461 e. The van der Waals surface area contributed by atoms with Gasteiger partial charge < -0.3 is 4.42 Å². The van der Waals surface area contributed by atoms with Crippen molar-refractivity contribution in [1.82, 2.24) is 0 Å². The molecule has 16 heavy (non-hydrogen) atoms. The van der Waals surface area contributed by atoms with Crippen LogP contribution in [0.15, 0.2) is 34.7 Å². The first kappa shape index (κ1) is 11.3. The van der Waals surface area contributed by atoms with Crippen molar-refractivity contribution in [2.45, 2.75) is 26.7 Å². The van der Waals surface area contributed by atoms with Crippen LogP contribution in [-0.2, 0) is 0 Å². The van der Waals surface area contributed by atoms with Crippen molar-refractivity contribution >= 4 is 11.6 Å². The molecule has 0 aliphatic carbocycles. The third kappa shape index (κ3) is 2.14. The fourth-order valence-electron chi connectivity index (χ4n) is 1.83. The molecule has 0 saturated carbocycles. The minimum absolute atomic E-state index is 0.491. The zero-order valence-electron chi connectivity index (χ0n) is 9.75. The predicted octanol–water partition coefficient (Wildman–Crippen LogP) is 5.03. The van der Waals surface area contributed by atoms with Crippen LogP contribution in [0.1, 0.15) is 31.1 Å². The third-order valence-electron chi connectivity index (χ3n) is 2.71. The zero-order chi connectivity index (χ0) is 11.7. The van der Waals surface area contributed by atoms with E-state index in [0.717, 1.165) is 22.1 Å². The van der Waals surface area contributed by atoms with Gasteiger partial charge in [0.1, 0.15) is 11.5 Å². The molecule has 0 N–H and O–H groups in total. The van der Waals surface area contributed by atoms with Gasteiger partial charge in [0, 0.05) is 10.6 Å². The Kier molecular flexibility index (Phi) is 3.06. The Bertz CT molecular complexity index is 480. The second-order valence-electron chi connectivity index (χ2n) is 4.28. The molecule has 0 aliphatic heterocycles. The lowest BCUT2D eigenvalue weighted by Gasteiger charge is -1.99. The number of hydrogen-bond acceptors (Lipinski definition) is 1. The van der Waals surface area contributed by atoms with E-state index in [4.69, 9.17) is 16.0 Å². The number of hydrogen-bond donors (Lipinski definition) is 0. The molecular formula is C14H15ClO. The van der Waals surface area contributed by atoms with Crippen molar-refractivity contribution in [3.8, 4) is 11.3 Å². The normalized spacial score (nSPS) is 11.1. The van der Waals surface area contributed by atoms with E-state index in [1.165, 1.54) is 5.56 Å². The minimum atomic E-state index is 0.491. The molecule has 0 amide bonds. The second-order valence-corrected chi connectivity index (χ2v) is 4.72. The summed E-state index contributed by atoms with van der Waals surface area (Å²) in [5.41, 5.74) is 2.34. The third-order valence-corrected chi connectivity index (χ3v) is 2.96. The van der Waals surface area contributed by atoms with E-state index in [-0.39, 0.29) is 0 Å². The van der Waals surface area contributed by atoms with Crippen molar-refractivity contribution in [2.75, 3.05) is 0 Å². The Balaban J connectivity index is 2.41. The molecule has 0 saturated heterocycles. The SMILES string of the molecule is Cc1oc(-c2ccc(Cl)cc2)cc1C(C)C. The molecule has 0 spiro atoms. The molecule has 0 fully saturated rings. The first-order valence-electron chi connectivity index (χ1n) is 5.44. The lowest BCUT2D eigenvalue weighted by molar-refractivity contribution is 0.540. The maximum atomic E-state index is 5.86. The fourth-order valence-corrected chi connectivity index (χ4v) is 1.95. The predicted molar refractivity (Wildman–Crippen MR) is 68.0 cm³/mol. The van der Waals surface area contributed by atoms with Crippen LogP contribution < -0.4 is 0 Å². The van der Waals surface area contributed by atoms with E-state index in [0.29, 0.717) is 5.92 Å². The highest BCUT2D eigenvalue weighted by Gasteiger charge is 2.11. The number of aryl methyl sites for hydroxylation is 1. The number of benzene rings is 1. The summed E-state index contributed by atoms with van der Waals surface area (Å²) in [6.07, 6.45) is 0. The van der Waals surface area contributed by atoms with Crippen molar-refractivity contribution in [1.29, 1.82) is 0 Å². The molecule has 0 atom stereocenters. The van der Waals surface area contributed by atoms with E-state index in [1.54, 1.807) is 0 Å². The Morgan fingerprint density at radius 1 is 1.12 bits per heavy atom. The first-order chi connectivity index (χ1) is 7.58. The van der Waals surface area contributed by atoms with Crippen LogP contribution in [0.25, 0.3) is 11.3 Å². The van der Waals surface area contributed by atoms with Gasteiger partial charge in [-0.25, -0.2) is 0 Å². The van der Waals surface area contributed by atoms with Crippen LogP contribution in [0.3, 0.4) is 0 Å². The molecule has 2 heteroatoms. The summed E-state index contributed by atoms with van der Waals surface area (Å²) in [5, 5.41) is 0.746. The van der Waals surface area contributed by atoms with E-state index in [1.807, 2.05) is 31.2 Å². The van der Waals surface area contributed by atoms with Gasteiger partial charge in [-0.05, 0) is 48.7 Å². The Morgan fingerprint density at radius 3 is 2.25 bits per heavy atom. The summed E-state index contributed by atoms with van der Waals surface area (Å²) in [6, 6.07) is 9.83. The second kappa shape index (κ2) is 4.34. The van der Waals surface area contributed by atoms with Gasteiger partial charge in [0.15, 0.2) is 0 Å². The van der Waals surface area contributed by atoms with Crippen molar-refractivity contribution < 1.29 is 4.42 Å². The summed E-state index contributed by atoms with van der Waals surface area (Å²) in [7, 11) is 0. The monoisotopic (exact) mass is 234 g/mol. The smallest absolute Gasteiger partial charge is 0.134 e. The molecule has 84 valence electrons. The quantitative estimate of drug-likeness (QED) is 0.710. The van der Waals surface area contributed by atoms with E-state index in [2.05, 4.69) is 19.9 Å². The first-order valence-corrected chi connectivity index (χ1v) is 5.82. The fraction of sp³-hybridized carbons (Fsp3) is 0.286. The lowest BCUT2D eigenvalue weighted by atomic mass is 10.0. The maximum absolute atomic E-state index is 5.86. The van der Waals surface area contributed by atoms with E-state index < -0.39 is 0 Å². The summed E-state index contributed by atoms with van der Waals surface area (Å²) < 4.78 is 5.76. The molecule has 0 radical (unpaired) electrons. The summed E-state index contributed by atoms with van der Waals surface area (Å²) in [4.78, 5) is 0. The minimum Gasteiger partial charge on any atom is -0.461 e. The standard InChI is InChI=1S/C14H15ClO/c1-9(2)13-8-14(16-10(13)3)11-4-6-12(15)7-5-11/h4-9H,1-3H3. The lowest BCUT2D eigenvalue weighted by Crippen LogP contribution is -1.84. The van der Waals surface area contributed by atoms with Crippen LogP contribution >= 0.6 is 11.6 Å². The van der Waals surface area contributed by atoms with Crippen LogP contribution in [-0.4, -0.2) is 0 Å². The number of halogens is 1. The average Bonchev–Trinajstić information content (AvgIpc) is 2.61. The maximum Gasteiger partial charge on any atom is 0.134 e. The number of rotatable bonds is 2. The van der Waals surface area contributed by atoms with Gasteiger partial charge in [-0.2, -0.15) is 0 Å². The van der Waals surface area contributed by atoms with Gasteiger partial charge in [0.05, 0.1) is 0 Å². The molecule has 1 heterocycles. The summed E-state index contributed by atoms with van der Waals surface area (Å²) >= 11 is 5.86. The van der Waals surface area contributed by atoms with Gasteiger partial charge >= 0.3 is 0 Å². The van der Waals surface area contributed by atoms with Crippen molar-refractivity contribution in [3.05, 3.63) is 46.7 Å². The van der Waals surface area contributed by atoms with Crippen LogP contribution in [0.2, 0.25) is 5.02 Å². The Hall–Kier alpha value is -1.21. The number of furan rings is 1. The molecular weight excluding hydrogens is 220 g/mol. The van der Waals surface area contributed by atoms with E-state index >= 15 is 0 Å². The molecule has 0 aliphatic rings. The molecule has 0 bridgehead atoms. The van der Waals surface area contributed by atoms with Gasteiger partial charge in [-0.1, -0.05) is 25.4 Å². The molecule has 1 aromatic carbocycles.